The molecule has 1 aromatic carbocycles. The van der Waals surface area contributed by atoms with Gasteiger partial charge in [-0.2, -0.15) is 0 Å². The van der Waals surface area contributed by atoms with Crippen LogP contribution in [0, 0.1) is 5.92 Å². The molecule has 0 radical (unpaired) electrons. The molecular formula is C18H23N4O4S+. The van der Waals surface area contributed by atoms with Gasteiger partial charge in [-0.25, -0.2) is 0 Å². The maximum atomic E-state index is 12.8. The second-order valence-corrected chi connectivity index (χ2v) is 6.70. The first-order chi connectivity index (χ1) is 13.1. The van der Waals surface area contributed by atoms with E-state index in [1.54, 1.807) is 31.4 Å². The van der Waals surface area contributed by atoms with Gasteiger partial charge in [0.15, 0.2) is 11.0 Å². The zero-order valence-electron chi connectivity index (χ0n) is 15.1. The number of amides is 2. The van der Waals surface area contributed by atoms with Gasteiger partial charge < -0.3 is 19.7 Å². The molecule has 0 aromatic heterocycles. The number of carbonyl (C=O) groups is 2. The molecule has 2 amide bonds. The molecule has 0 unspecified atom stereocenters. The fourth-order valence-electron chi connectivity index (χ4n) is 3.01. The lowest BCUT2D eigenvalue weighted by Crippen LogP contribution is -3.14. The van der Waals surface area contributed by atoms with Gasteiger partial charge in [0, 0.05) is 6.21 Å². The first-order valence-electron chi connectivity index (χ1n) is 8.84. The van der Waals surface area contributed by atoms with Gasteiger partial charge in [-0.05, 0) is 36.5 Å². The van der Waals surface area contributed by atoms with E-state index in [1.807, 2.05) is 0 Å². The summed E-state index contributed by atoms with van der Waals surface area (Å²) in [5.74, 6) is -1.17. The minimum absolute atomic E-state index is 0.0672. The van der Waals surface area contributed by atoms with Gasteiger partial charge in [0.2, 0.25) is 5.91 Å². The molecule has 27 heavy (non-hydrogen) atoms. The Bertz CT molecular complexity index is 731. The summed E-state index contributed by atoms with van der Waals surface area (Å²) in [6.07, 6.45) is 1.43. The van der Waals surface area contributed by atoms with Crippen molar-refractivity contribution >= 4 is 41.0 Å². The van der Waals surface area contributed by atoms with Gasteiger partial charge in [-0.3, -0.25) is 19.5 Å². The maximum absolute atomic E-state index is 12.8. The highest BCUT2D eigenvalue weighted by Gasteiger charge is 2.38. The minimum atomic E-state index is -0.988. The average Bonchev–Trinajstić information content (AvgIpc) is 2.68. The van der Waals surface area contributed by atoms with Gasteiger partial charge in [-0.15, -0.1) is 0 Å². The Kier molecular flexibility index (Phi) is 6.49. The molecule has 3 rings (SSSR count). The Balaban J connectivity index is 1.65. The van der Waals surface area contributed by atoms with E-state index in [0.717, 1.165) is 32.8 Å². The SMILES string of the molecule is COc1ccc(N2C(=O)[C@@H](C=NCC[NH+]3CCOCC3)C(=O)NC2=S)cc1. The molecule has 0 spiro atoms. The smallest absolute Gasteiger partial charge is 0.251 e. The lowest BCUT2D eigenvalue weighted by Gasteiger charge is -2.31. The maximum Gasteiger partial charge on any atom is 0.251 e. The molecule has 0 aliphatic carbocycles. The Morgan fingerprint density at radius 1 is 1.33 bits per heavy atom. The van der Waals surface area contributed by atoms with Crippen molar-refractivity contribution < 1.29 is 24.0 Å². The van der Waals surface area contributed by atoms with Crippen molar-refractivity contribution in [2.24, 2.45) is 10.9 Å². The Hall–Kier alpha value is -2.36. The molecule has 9 heteroatoms. The number of carbonyl (C=O) groups excluding carboxylic acids is 2. The summed E-state index contributed by atoms with van der Waals surface area (Å²) in [5, 5.41) is 2.65. The Labute approximate surface area is 163 Å². The van der Waals surface area contributed by atoms with Crippen molar-refractivity contribution in [3.63, 3.8) is 0 Å². The van der Waals surface area contributed by atoms with Crippen LogP contribution in [0.25, 0.3) is 0 Å². The molecule has 144 valence electrons. The van der Waals surface area contributed by atoms with E-state index in [2.05, 4.69) is 10.3 Å². The lowest BCUT2D eigenvalue weighted by molar-refractivity contribution is -0.906. The van der Waals surface area contributed by atoms with E-state index in [9.17, 15) is 9.59 Å². The summed E-state index contributed by atoms with van der Waals surface area (Å²) in [7, 11) is 1.57. The normalized spacial score (nSPS) is 21.6. The van der Waals surface area contributed by atoms with Crippen molar-refractivity contribution in [2.75, 3.05) is 51.4 Å². The van der Waals surface area contributed by atoms with Crippen LogP contribution in [-0.4, -0.2) is 69.6 Å². The van der Waals surface area contributed by atoms with Crippen molar-refractivity contribution in [1.29, 1.82) is 0 Å². The molecule has 1 aromatic rings. The number of nitrogens with one attached hydrogen (secondary N) is 2. The fraction of sp³-hybridized carbons (Fsp3) is 0.444. The van der Waals surface area contributed by atoms with Crippen molar-refractivity contribution in [3.8, 4) is 5.75 Å². The number of thiocarbonyl (C=S) groups is 1. The predicted octanol–water partition coefficient (Wildman–Crippen LogP) is -0.955. The van der Waals surface area contributed by atoms with Crippen LogP contribution in [0.1, 0.15) is 0 Å². The summed E-state index contributed by atoms with van der Waals surface area (Å²) < 4.78 is 10.5. The molecular weight excluding hydrogens is 368 g/mol. The number of aliphatic imine (C=N–C) groups is 1. The third kappa shape index (κ3) is 4.68. The zero-order valence-corrected chi connectivity index (χ0v) is 16.0. The molecule has 2 heterocycles. The van der Waals surface area contributed by atoms with E-state index in [0.29, 0.717) is 18.0 Å². The van der Waals surface area contributed by atoms with E-state index in [-0.39, 0.29) is 5.11 Å². The van der Waals surface area contributed by atoms with Crippen LogP contribution in [0.2, 0.25) is 0 Å². The summed E-state index contributed by atoms with van der Waals surface area (Å²) in [5.41, 5.74) is 0.571. The molecule has 0 saturated carbocycles. The topological polar surface area (TPSA) is 84.7 Å². The molecule has 2 saturated heterocycles. The van der Waals surface area contributed by atoms with Crippen LogP contribution >= 0.6 is 12.2 Å². The van der Waals surface area contributed by atoms with Crippen molar-refractivity contribution in [2.45, 2.75) is 0 Å². The van der Waals surface area contributed by atoms with Crippen LogP contribution in [0.4, 0.5) is 5.69 Å². The number of ether oxygens (including phenoxy) is 2. The summed E-state index contributed by atoms with van der Waals surface area (Å²) in [6, 6.07) is 6.90. The molecule has 2 aliphatic heterocycles. The first-order valence-corrected chi connectivity index (χ1v) is 9.25. The summed E-state index contributed by atoms with van der Waals surface area (Å²) in [6.45, 7) is 4.84. The van der Waals surface area contributed by atoms with Gasteiger partial charge >= 0.3 is 0 Å². The monoisotopic (exact) mass is 391 g/mol. The molecule has 2 aliphatic rings. The first kappa shape index (κ1) is 19.4. The van der Waals surface area contributed by atoms with Gasteiger partial charge in [-0.1, -0.05) is 0 Å². The largest absolute Gasteiger partial charge is 0.497 e. The van der Waals surface area contributed by atoms with E-state index in [4.69, 9.17) is 21.7 Å². The number of hydrogen-bond acceptors (Lipinski definition) is 6. The van der Waals surface area contributed by atoms with Gasteiger partial charge in [0.05, 0.1) is 39.1 Å². The van der Waals surface area contributed by atoms with E-state index in [1.165, 1.54) is 16.0 Å². The highest BCUT2D eigenvalue weighted by Crippen LogP contribution is 2.23. The molecule has 1 atom stereocenters. The number of nitrogens with zero attached hydrogens (tertiary/aromatic N) is 2. The highest BCUT2D eigenvalue weighted by molar-refractivity contribution is 7.80. The Morgan fingerprint density at radius 2 is 2.04 bits per heavy atom. The average molecular weight is 391 g/mol. The van der Waals surface area contributed by atoms with Crippen LogP contribution in [-0.2, 0) is 14.3 Å². The lowest BCUT2D eigenvalue weighted by atomic mass is 10.1. The second kappa shape index (κ2) is 9.03. The minimum Gasteiger partial charge on any atom is -0.497 e. The van der Waals surface area contributed by atoms with Crippen molar-refractivity contribution in [3.05, 3.63) is 24.3 Å². The van der Waals surface area contributed by atoms with E-state index < -0.39 is 17.7 Å². The molecule has 8 nitrogen and oxygen atoms in total. The quantitative estimate of drug-likeness (QED) is 0.371. The van der Waals surface area contributed by atoms with Crippen LogP contribution in [0.3, 0.4) is 0 Å². The standard InChI is InChI=1S/C18H22N4O4S/c1-25-14-4-2-13(3-5-14)22-17(24)15(16(23)20-18(22)27)12-19-6-7-21-8-10-26-11-9-21/h2-5,12,15H,6-11H2,1H3,(H,20,23,27)/p+1/t15-/m0/s1. The summed E-state index contributed by atoms with van der Waals surface area (Å²) in [4.78, 5) is 32.1. The van der Waals surface area contributed by atoms with Crippen LogP contribution < -0.4 is 19.9 Å². The number of morpholine rings is 1. The third-order valence-corrected chi connectivity index (χ3v) is 4.87. The number of rotatable bonds is 6. The number of methoxy groups -OCH3 is 1. The second-order valence-electron chi connectivity index (χ2n) is 6.31. The molecule has 2 N–H and O–H groups in total. The number of hydrogen-bond donors (Lipinski definition) is 2. The molecule has 2 fully saturated rings. The zero-order chi connectivity index (χ0) is 19.2. The fourth-order valence-corrected chi connectivity index (χ4v) is 3.31. The summed E-state index contributed by atoms with van der Waals surface area (Å²) >= 11 is 5.18. The number of anilines is 1. The van der Waals surface area contributed by atoms with Gasteiger partial charge in [0.25, 0.3) is 5.91 Å². The van der Waals surface area contributed by atoms with Crippen molar-refractivity contribution in [1.82, 2.24) is 5.32 Å². The van der Waals surface area contributed by atoms with E-state index >= 15 is 0 Å². The third-order valence-electron chi connectivity index (χ3n) is 4.58. The highest BCUT2D eigenvalue weighted by atomic mass is 32.1. The van der Waals surface area contributed by atoms with Crippen LogP contribution in [0.15, 0.2) is 29.3 Å². The van der Waals surface area contributed by atoms with Gasteiger partial charge in [0.1, 0.15) is 18.8 Å². The Morgan fingerprint density at radius 3 is 2.70 bits per heavy atom. The molecule has 0 bridgehead atoms. The predicted molar refractivity (Wildman–Crippen MR) is 104 cm³/mol. The number of quaternary nitrogens is 1. The number of benzene rings is 1. The van der Waals surface area contributed by atoms with Crippen LogP contribution in [0.5, 0.6) is 5.75 Å².